The van der Waals surface area contributed by atoms with Crippen molar-refractivity contribution >= 4 is 23.7 Å². The van der Waals surface area contributed by atoms with Crippen LogP contribution in [-0.4, -0.2) is 47.6 Å². The lowest BCUT2D eigenvalue weighted by Crippen LogP contribution is -2.45. The lowest BCUT2D eigenvalue weighted by atomic mass is 9.88. The van der Waals surface area contributed by atoms with Gasteiger partial charge < -0.3 is 27.2 Å². The van der Waals surface area contributed by atoms with E-state index in [-0.39, 0.29) is 24.2 Å². The van der Waals surface area contributed by atoms with Crippen LogP contribution >= 0.6 is 0 Å². The van der Waals surface area contributed by atoms with Gasteiger partial charge in [-0.3, -0.25) is 15.0 Å². The van der Waals surface area contributed by atoms with Crippen LogP contribution in [0.1, 0.15) is 36.3 Å². The van der Waals surface area contributed by atoms with E-state index in [1.54, 1.807) is 0 Å². The van der Waals surface area contributed by atoms with Crippen molar-refractivity contribution in [1.82, 2.24) is 10.6 Å². The summed E-state index contributed by atoms with van der Waals surface area (Å²) in [4.78, 5) is 33.3. The van der Waals surface area contributed by atoms with E-state index in [9.17, 15) is 22.8 Å². The zero-order chi connectivity index (χ0) is 26.4. The highest BCUT2D eigenvalue weighted by atomic mass is 19.4. The molecule has 9 nitrogen and oxygen atoms in total. The second-order valence-electron chi connectivity index (χ2n) is 7.39. The molecule has 0 radical (unpaired) electrons. The first-order valence-corrected chi connectivity index (χ1v) is 10.5. The Morgan fingerprint density at radius 3 is 1.77 bits per heavy atom. The lowest BCUT2D eigenvalue weighted by molar-refractivity contribution is -0.192. The van der Waals surface area contributed by atoms with Crippen molar-refractivity contribution in [3.8, 4) is 0 Å². The number of hydrogen-bond acceptors (Lipinski definition) is 4. The predicted molar refractivity (Wildman–Crippen MR) is 123 cm³/mol. The highest BCUT2D eigenvalue weighted by Gasteiger charge is 2.38. The Hall–Kier alpha value is -4.09. The van der Waals surface area contributed by atoms with E-state index in [0.717, 1.165) is 11.1 Å². The molecule has 2 aromatic rings. The predicted octanol–water partition coefficient (Wildman–Crippen LogP) is 2.08. The van der Waals surface area contributed by atoms with Crippen LogP contribution in [-0.2, 0) is 14.4 Å². The summed E-state index contributed by atoms with van der Waals surface area (Å²) in [6.07, 6.45) is -3.94. The topological polar surface area (TPSA) is 171 Å². The highest BCUT2D eigenvalue weighted by molar-refractivity contribution is 5.87. The molecule has 8 N–H and O–H groups in total. The quantitative estimate of drug-likeness (QED) is 0.167. The molecular weight excluding hydrogens is 467 g/mol. The molecule has 0 aromatic heterocycles. The molecule has 0 unspecified atom stereocenters. The fourth-order valence-electron chi connectivity index (χ4n) is 3.05. The van der Waals surface area contributed by atoms with Crippen molar-refractivity contribution in [2.45, 2.75) is 37.4 Å². The van der Waals surface area contributed by atoms with Crippen LogP contribution in [0.4, 0.5) is 13.2 Å². The van der Waals surface area contributed by atoms with Gasteiger partial charge >= 0.3 is 12.1 Å². The van der Waals surface area contributed by atoms with Gasteiger partial charge in [0.15, 0.2) is 5.96 Å². The molecular formula is C23H28F3N5O4. The van der Waals surface area contributed by atoms with Gasteiger partial charge in [-0.05, 0) is 24.0 Å². The van der Waals surface area contributed by atoms with Gasteiger partial charge in [0.2, 0.25) is 11.8 Å². The second-order valence-corrected chi connectivity index (χ2v) is 7.39. The minimum absolute atomic E-state index is 0.115. The Morgan fingerprint density at radius 2 is 1.40 bits per heavy atom. The van der Waals surface area contributed by atoms with Crippen molar-refractivity contribution in [3.05, 3.63) is 71.8 Å². The molecule has 12 heteroatoms. The molecule has 1 atom stereocenters. The molecule has 0 aliphatic heterocycles. The largest absolute Gasteiger partial charge is 0.490 e. The van der Waals surface area contributed by atoms with Crippen LogP contribution in [0.5, 0.6) is 0 Å². The molecule has 0 aliphatic rings. The third-order valence-corrected chi connectivity index (χ3v) is 4.70. The lowest BCUT2D eigenvalue weighted by Gasteiger charge is -2.20. The third kappa shape index (κ3) is 11.6. The van der Waals surface area contributed by atoms with Gasteiger partial charge in [0, 0.05) is 18.9 Å². The molecule has 2 aromatic carbocycles. The minimum Gasteiger partial charge on any atom is -0.475 e. The van der Waals surface area contributed by atoms with Crippen molar-refractivity contribution in [1.29, 1.82) is 5.41 Å². The first kappa shape index (κ1) is 28.9. The third-order valence-electron chi connectivity index (χ3n) is 4.70. The fraction of sp³-hybridized carbons (Fsp3) is 0.304. The Balaban J connectivity index is 0.000000762. The summed E-state index contributed by atoms with van der Waals surface area (Å²) in [6, 6.07) is 18.8. The van der Waals surface area contributed by atoms with Gasteiger partial charge in [-0.15, -0.1) is 0 Å². The number of carbonyl (C=O) groups excluding carboxylic acids is 2. The van der Waals surface area contributed by atoms with Crippen LogP contribution in [0.3, 0.4) is 0 Å². The van der Waals surface area contributed by atoms with E-state index in [0.29, 0.717) is 19.4 Å². The van der Waals surface area contributed by atoms with Gasteiger partial charge in [-0.2, -0.15) is 13.2 Å². The number of nitrogens with two attached hydrogens (primary N) is 2. The summed E-state index contributed by atoms with van der Waals surface area (Å²) in [5, 5.41) is 19.7. The number of hydrogen-bond donors (Lipinski definition) is 6. The number of carbonyl (C=O) groups is 3. The second kappa shape index (κ2) is 14.2. The number of benzene rings is 2. The zero-order valence-corrected chi connectivity index (χ0v) is 18.7. The smallest absolute Gasteiger partial charge is 0.475 e. The van der Waals surface area contributed by atoms with E-state index in [2.05, 4.69) is 10.6 Å². The summed E-state index contributed by atoms with van der Waals surface area (Å²) < 4.78 is 31.7. The maximum absolute atomic E-state index is 12.7. The van der Waals surface area contributed by atoms with Crippen LogP contribution in [0, 0.1) is 5.41 Å². The number of carboxylic acid groups (broad SMARTS) is 1. The number of alkyl halides is 3. The van der Waals surface area contributed by atoms with E-state index in [4.69, 9.17) is 26.8 Å². The average molecular weight is 496 g/mol. The summed E-state index contributed by atoms with van der Waals surface area (Å²) in [5.41, 5.74) is 12.7. The number of rotatable bonds is 10. The van der Waals surface area contributed by atoms with Crippen molar-refractivity contribution in [3.63, 3.8) is 0 Å². The Bertz CT molecular complexity index is 933. The van der Waals surface area contributed by atoms with Gasteiger partial charge in [0.05, 0.1) is 0 Å². The monoisotopic (exact) mass is 495 g/mol. The minimum atomic E-state index is -5.08. The molecule has 0 spiro atoms. The first-order valence-electron chi connectivity index (χ1n) is 10.5. The Kier molecular flexibility index (Phi) is 11.8. The number of carboxylic acids is 1. The molecule has 2 amide bonds. The van der Waals surface area contributed by atoms with E-state index < -0.39 is 24.1 Å². The van der Waals surface area contributed by atoms with E-state index >= 15 is 0 Å². The molecule has 0 saturated carbocycles. The van der Waals surface area contributed by atoms with Gasteiger partial charge in [0.1, 0.15) is 6.04 Å². The maximum atomic E-state index is 12.7. The van der Waals surface area contributed by atoms with E-state index in [1.807, 2.05) is 60.7 Å². The van der Waals surface area contributed by atoms with Gasteiger partial charge in [-0.25, -0.2) is 4.79 Å². The Labute approximate surface area is 200 Å². The summed E-state index contributed by atoms with van der Waals surface area (Å²) in [6.45, 7) is 0.436. The molecule has 2 rings (SSSR count). The number of primary amides is 1. The Morgan fingerprint density at radius 1 is 0.943 bits per heavy atom. The van der Waals surface area contributed by atoms with Crippen molar-refractivity contribution < 1.29 is 32.7 Å². The summed E-state index contributed by atoms with van der Waals surface area (Å²) >= 11 is 0. The van der Waals surface area contributed by atoms with Crippen LogP contribution in [0.25, 0.3) is 0 Å². The maximum Gasteiger partial charge on any atom is 0.490 e. The molecule has 190 valence electrons. The zero-order valence-electron chi connectivity index (χ0n) is 18.7. The molecule has 0 heterocycles. The SMILES string of the molecule is N=C(N)NCCC[C@H](NC(=O)CC(c1ccccc1)c1ccccc1)C(N)=O.O=C(O)C(F)(F)F. The van der Waals surface area contributed by atoms with E-state index in [1.165, 1.54) is 0 Å². The van der Waals surface area contributed by atoms with Crippen LogP contribution in [0.2, 0.25) is 0 Å². The summed E-state index contributed by atoms with van der Waals surface area (Å²) in [5.74, 6) is -3.82. The van der Waals surface area contributed by atoms with Crippen LogP contribution < -0.4 is 22.1 Å². The molecule has 0 aliphatic carbocycles. The molecule has 0 saturated heterocycles. The average Bonchev–Trinajstić information content (AvgIpc) is 2.80. The van der Waals surface area contributed by atoms with Crippen molar-refractivity contribution in [2.24, 2.45) is 11.5 Å². The number of amides is 2. The number of guanidine groups is 1. The molecule has 35 heavy (non-hydrogen) atoms. The molecule has 0 bridgehead atoms. The first-order chi connectivity index (χ1) is 16.4. The van der Waals surface area contributed by atoms with Gasteiger partial charge in [0.25, 0.3) is 0 Å². The van der Waals surface area contributed by atoms with Gasteiger partial charge in [-0.1, -0.05) is 60.7 Å². The number of nitrogens with one attached hydrogen (secondary N) is 3. The van der Waals surface area contributed by atoms with Crippen LogP contribution in [0.15, 0.2) is 60.7 Å². The highest BCUT2D eigenvalue weighted by Crippen LogP contribution is 2.27. The normalized spacial score (nSPS) is 11.5. The number of halogens is 3. The number of aliphatic carboxylic acids is 1. The fourth-order valence-corrected chi connectivity index (χ4v) is 3.05. The molecule has 0 fully saturated rings. The van der Waals surface area contributed by atoms with Crippen molar-refractivity contribution in [2.75, 3.05) is 6.54 Å². The summed E-state index contributed by atoms with van der Waals surface area (Å²) in [7, 11) is 0. The standard InChI is InChI=1S/C21H27N5O2.C2HF3O2/c22-20(28)18(12-7-13-25-21(23)24)26-19(27)14-17(15-8-3-1-4-9-15)16-10-5-2-6-11-16;3-2(4,5)1(6)7/h1-6,8-11,17-18H,7,12-14H2,(H2,22,28)(H,26,27)(H4,23,24,25);(H,6,7)/t18-;/m0./s1.